The van der Waals surface area contributed by atoms with E-state index in [9.17, 15) is 14.4 Å². The van der Waals surface area contributed by atoms with Crippen LogP contribution in [0.4, 0.5) is 0 Å². The van der Waals surface area contributed by atoms with Crippen molar-refractivity contribution in [1.82, 2.24) is 10.0 Å². The summed E-state index contributed by atoms with van der Waals surface area (Å²) < 4.78 is 0. The maximum atomic E-state index is 11.4. The van der Waals surface area contributed by atoms with Crippen molar-refractivity contribution < 1.29 is 19.2 Å². The lowest BCUT2D eigenvalue weighted by atomic mass is 10.4. The smallest absolute Gasteiger partial charge is 0.326 e. The van der Waals surface area contributed by atoms with Crippen LogP contribution in [0.1, 0.15) is 12.8 Å². The van der Waals surface area contributed by atoms with Crippen LogP contribution in [0.15, 0.2) is 40.9 Å². The van der Waals surface area contributed by atoms with Crippen molar-refractivity contribution in [2.24, 2.45) is 0 Å². The average Bonchev–Trinajstić information content (AvgIpc) is 2.77. The van der Waals surface area contributed by atoms with Gasteiger partial charge in [0.1, 0.15) is 5.03 Å². The van der Waals surface area contributed by atoms with E-state index >= 15 is 0 Å². The van der Waals surface area contributed by atoms with Gasteiger partial charge in [0.25, 0.3) is 11.8 Å². The average molecular weight is 310 g/mol. The number of hydroxylamine groups is 2. The van der Waals surface area contributed by atoms with Crippen LogP contribution < -0.4 is 0 Å². The fourth-order valence-electron chi connectivity index (χ4n) is 1.34. The zero-order chi connectivity index (χ0) is 14.4. The molecule has 1 aliphatic heterocycles. The van der Waals surface area contributed by atoms with Crippen molar-refractivity contribution >= 4 is 39.4 Å². The Hall–Kier alpha value is -1.80. The van der Waals surface area contributed by atoms with Crippen molar-refractivity contribution in [3.05, 3.63) is 35.9 Å². The molecular weight excluding hydrogens is 300 g/mol. The van der Waals surface area contributed by atoms with Gasteiger partial charge in [-0.05, 0) is 28.3 Å². The van der Waals surface area contributed by atoms with Gasteiger partial charge < -0.3 is 4.84 Å². The van der Waals surface area contributed by atoms with Crippen LogP contribution in [0.3, 0.4) is 0 Å². The minimum Gasteiger partial charge on any atom is -0.326 e. The van der Waals surface area contributed by atoms with Gasteiger partial charge >= 0.3 is 5.97 Å². The van der Waals surface area contributed by atoms with Crippen LogP contribution in [0.5, 0.6) is 0 Å². The molecule has 104 valence electrons. The van der Waals surface area contributed by atoms with E-state index in [1.54, 1.807) is 6.20 Å². The SMILES string of the molecule is O=C(C=CSSc1ccccn1)ON1C(=O)CCC1=O. The monoisotopic (exact) mass is 310 g/mol. The summed E-state index contributed by atoms with van der Waals surface area (Å²) in [6.07, 6.45) is 2.99. The van der Waals surface area contributed by atoms with Gasteiger partial charge in [-0.1, -0.05) is 16.9 Å². The van der Waals surface area contributed by atoms with Crippen LogP contribution in [-0.2, 0) is 19.2 Å². The summed E-state index contributed by atoms with van der Waals surface area (Å²) in [5, 5.41) is 2.83. The van der Waals surface area contributed by atoms with Crippen molar-refractivity contribution in [1.29, 1.82) is 0 Å². The van der Waals surface area contributed by atoms with E-state index in [0.29, 0.717) is 5.06 Å². The molecule has 0 radical (unpaired) electrons. The second-order valence-corrected chi connectivity index (χ2v) is 5.77. The molecule has 0 aromatic carbocycles. The fraction of sp³-hybridized carbons (Fsp3) is 0.167. The number of imide groups is 1. The Morgan fingerprint density at radius 1 is 1.30 bits per heavy atom. The van der Waals surface area contributed by atoms with E-state index in [1.165, 1.54) is 27.0 Å². The molecule has 2 rings (SSSR count). The third kappa shape index (κ3) is 4.10. The topological polar surface area (TPSA) is 76.6 Å². The molecule has 6 nitrogen and oxygen atoms in total. The first kappa shape index (κ1) is 14.6. The number of carbonyl (C=O) groups excluding carboxylic acids is 3. The molecule has 0 spiro atoms. The molecule has 1 aromatic rings. The van der Waals surface area contributed by atoms with Crippen molar-refractivity contribution in [2.75, 3.05) is 0 Å². The number of hydrogen-bond donors (Lipinski definition) is 0. The molecule has 0 aliphatic carbocycles. The number of hydrogen-bond acceptors (Lipinski definition) is 7. The summed E-state index contributed by atoms with van der Waals surface area (Å²) in [6, 6.07) is 5.51. The highest BCUT2D eigenvalue weighted by molar-refractivity contribution is 8.77. The molecule has 20 heavy (non-hydrogen) atoms. The molecule has 1 aliphatic rings. The van der Waals surface area contributed by atoms with Crippen molar-refractivity contribution in [3.8, 4) is 0 Å². The Morgan fingerprint density at radius 2 is 2.05 bits per heavy atom. The van der Waals surface area contributed by atoms with Crippen LogP contribution in [0, 0.1) is 0 Å². The summed E-state index contributed by atoms with van der Waals surface area (Å²) in [5.41, 5.74) is 0. The van der Waals surface area contributed by atoms with E-state index < -0.39 is 17.8 Å². The van der Waals surface area contributed by atoms with Gasteiger partial charge in [0.2, 0.25) is 0 Å². The zero-order valence-electron chi connectivity index (χ0n) is 10.2. The lowest BCUT2D eigenvalue weighted by molar-refractivity contribution is -0.193. The Balaban J connectivity index is 1.75. The quantitative estimate of drug-likeness (QED) is 0.467. The van der Waals surface area contributed by atoms with E-state index in [0.717, 1.165) is 11.1 Å². The second kappa shape index (κ2) is 7.11. The molecule has 1 saturated heterocycles. The zero-order valence-corrected chi connectivity index (χ0v) is 11.9. The van der Waals surface area contributed by atoms with Gasteiger partial charge in [0.15, 0.2) is 0 Å². The highest BCUT2D eigenvalue weighted by Gasteiger charge is 2.32. The molecule has 0 unspecified atom stereocenters. The lowest BCUT2D eigenvalue weighted by Crippen LogP contribution is -2.31. The summed E-state index contributed by atoms with van der Waals surface area (Å²) in [6.45, 7) is 0. The van der Waals surface area contributed by atoms with E-state index in [4.69, 9.17) is 0 Å². The minimum atomic E-state index is -0.761. The largest absolute Gasteiger partial charge is 0.357 e. The summed E-state index contributed by atoms with van der Waals surface area (Å²) in [4.78, 5) is 42.6. The van der Waals surface area contributed by atoms with Crippen molar-refractivity contribution in [3.63, 3.8) is 0 Å². The van der Waals surface area contributed by atoms with Crippen LogP contribution in [-0.4, -0.2) is 27.8 Å². The van der Waals surface area contributed by atoms with Gasteiger partial charge in [0.05, 0.1) is 0 Å². The van der Waals surface area contributed by atoms with Crippen LogP contribution in [0.2, 0.25) is 0 Å². The Kier molecular flexibility index (Phi) is 5.19. The van der Waals surface area contributed by atoms with Gasteiger partial charge in [-0.2, -0.15) is 0 Å². The lowest BCUT2D eigenvalue weighted by Gasteiger charge is -2.10. The number of rotatable bonds is 5. The summed E-state index contributed by atoms with van der Waals surface area (Å²) in [5.74, 6) is -1.75. The first-order chi connectivity index (χ1) is 9.66. The number of nitrogens with zero attached hydrogens (tertiary/aromatic N) is 2. The minimum absolute atomic E-state index is 0.0834. The van der Waals surface area contributed by atoms with E-state index in [-0.39, 0.29) is 12.8 Å². The van der Waals surface area contributed by atoms with E-state index in [2.05, 4.69) is 9.82 Å². The predicted octanol–water partition coefficient (Wildman–Crippen LogP) is 1.94. The highest BCUT2D eigenvalue weighted by Crippen LogP contribution is 2.29. The molecule has 1 aromatic heterocycles. The molecule has 1 fully saturated rings. The molecule has 2 heterocycles. The second-order valence-electron chi connectivity index (χ2n) is 3.64. The highest BCUT2D eigenvalue weighted by atomic mass is 33.1. The van der Waals surface area contributed by atoms with E-state index in [1.807, 2.05) is 18.2 Å². The summed E-state index contributed by atoms with van der Waals surface area (Å²) >= 11 is 0. The van der Waals surface area contributed by atoms with Gasteiger partial charge in [-0.15, -0.1) is 5.06 Å². The summed E-state index contributed by atoms with van der Waals surface area (Å²) in [7, 11) is 2.65. The number of amides is 2. The molecule has 2 amide bonds. The number of carbonyl (C=O) groups is 3. The molecule has 0 atom stereocenters. The maximum absolute atomic E-state index is 11.4. The normalized spacial score (nSPS) is 15.1. The first-order valence-corrected chi connectivity index (χ1v) is 7.87. The molecule has 0 bridgehead atoms. The van der Waals surface area contributed by atoms with Gasteiger partial charge in [-0.3, -0.25) is 9.59 Å². The Labute approximate surface area is 122 Å². The Bertz CT molecular complexity index is 532. The third-order valence-electron chi connectivity index (χ3n) is 2.22. The van der Waals surface area contributed by atoms with Crippen LogP contribution in [0.25, 0.3) is 0 Å². The molecule has 0 N–H and O–H groups in total. The molecular formula is C12H10N2O4S2. The predicted molar refractivity (Wildman–Crippen MR) is 74.0 cm³/mol. The fourth-order valence-corrected chi connectivity index (χ4v) is 2.82. The molecule has 8 heteroatoms. The number of aromatic nitrogens is 1. The van der Waals surface area contributed by atoms with Crippen molar-refractivity contribution in [2.45, 2.75) is 17.9 Å². The van der Waals surface area contributed by atoms with Gasteiger partial charge in [0, 0.05) is 25.1 Å². The maximum Gasteiger partial charge on any atom is 0.357 e. The third-order valence-corrected chi connectivity index (χ3v) is 4.11. The number of pyridine rings is 1. The van der Waals surface area contributed by atoms with Crippen LogP contribution >= 0.6 is 21.6 Å². The van der Waals surface area contributed by atoms with Gasteiger partial charge in [-0.25, -0.2) is 9.78 Å². The standard InChI is InChI=1S/C12H10N2O4S2/c15-10-4-5-11(16)14(10)18-12(17)6-8-19-20-9-3-1-2-7-13-9/h1-3,6-8H,4-5H2. The Morgan fingerprint density at radius 3 is 2.70 bits per heavy atom. The molecule has 0 saturated carbocycles. The first-order valence-electron chi connectivity index (χ1n) is 5.65.